The van der Waals surface area contributed by atoms with E-state index in [4.69, 9.17) is 17.3 Å². The Morgan fingerprint density at radius 2 is 1.86 bits per heavy atom. The van der Waals surface area contributed by atoms with Crippen LogP contribution < -0.4 is 16.2 Å². The van der Waals surface area contributed by atoms with E-state index < -0.39 is 0 Å². The van der Waals surface area contributed by atoms with Gasteiger partial charge in [0.25, 0.3) is 0 Å². The number of nitrogens with one attached hydrogen (secondary N) is 3. The predicted molar refractivity (Wildman–Crippen MR) is 85.7 cm³/mol. The molecule has 2 aromatic rings. The highest BCUT2D eigenvalue weighted by Gasteiger charge is 2.04. The number of amides is 1. The third kappa shape index (κ3) is 5.02. The van der Waals surface area contributed by atoms with Crippen LogP contribution in [0.15, 0.2) is 48.5 Å². The van der Waals surface area contributed by atoms with Gasteiger partial charge in [-0.05, 0) is 48.1 Å². The lowest BCUT2D eigenvalue weighted by atomic mass is 10.1. The van der Waals surface area contributed by atoms with Crippen LogP contribution in [0.25, 0.3) is 0 Å². The molecule has 0 aliphatic carbocycles. The zero-order valence-corrected chi connectivity index (χ0v) is 12.3. The molecule has 22 heavy (non-hydrogen) atoms. The third-order valence-electron chi connectivity index (χ3n) is 2.70. The van der Waals surface area contributed by atoms with Gasteiger partial charge < -0.3 is 10.4 Å². The van der Waals surface area contributed by atoms with Crippen molar-refractivity contribution >= 4 is 28.9 Å². The summed E-state index contributed by atoms with van der Waals surface area (Å²) in [7, 11) is 0. The van der Waals surface area contributed by atoms with E-state index in [1.165, 1.54) is 24.3 Å². The van der Waals surface area contributed by atoms with Crippen LogP contribution in [0.1, 0.15) is 5.56 Å². The molecule has 0 atom stereocenters. The Bertz CT molecular complexity index is 677. The first kappa shape index (κ1) is 15.7. The van der Waals surface area contributed by atoms with E-state index in [9.17, 15) is 9.18 Å². The summed E-state index contributed by atoms with van der Waals surface area (Å²) < 4.78 is 13.0. The predicted octanol–water partition coefficient (Wildman–Crippen LogP) is 2.09. The number of hydrogen-bond donors (Lipinski definition) is 4. The van der Waals surface area contributed by atoms with Crippen molar-refractivity contribution in [3.05, 3.63) is 59.9 Å². The van der Waals surface area contributed by atoms with Gasteiger partial charge in [-0.3, -0.25) is 15.6 Å². The second-order valence-electron chi connectivity index (χ2n) is 4.48. The molecule has 4 N–H and O–H groups in total. The number of thiocarbonyl (C=S) groups is 1. The van der Waals surface area contributed by atoms with Crippen LogP contribution in [0, 0.1) is 5.82 Å². The molecule has 0 heterocycles. The van der Waals surface area contributed by atoms with Crippen molar-refractivity contribution in [3.8, 4) is 5.75 Å². The van der Waals surface area contributed by atoms with Gasteiger partial charge in [-0.2, -0.15) is 0 Å². The normalized spacial score (nSPS) is 9.86. The Morgan fingerprint density at radius 3 is 2.55 bits per heavy atom. The van der Waals surface area contributed by atoms with Crippen molar-refractivity contribution in [2.45, 2.75) is 6.42 Å². The standard InChI is InChI=1S/C15H14FN3O2S/c16-11-2-1-3-12(9-11)17-15(22)19-18-14(21)8-10-4-6-13(20)7-5-10/h1-7,9,20H,8H2,(H,18,21)(H2,17,19,22). The van der Waals surface area contributed by atoms with Crippen LogP contribution in [-0.4, -0.2) is 16.1 Å². The van der Waals surface area contributed by atoms with Crippen LogP contribution in [0.4, 0.5) is 10.1 Å². The molecule has 1 amide bonds. The Labute approximate surface area is 132 Å². The van der Waals surface area contributed by atoms with E-state index in [1.807, 2.05) is 0 Å². The molecular formula is C15H14FN3O2S. The molecule has 0 bridgehead atoms. The molecule has 114 valence electrons. The number of halogens is 1. The Kier molecular flexibility index (Phi) is 5.26. The molecule has 0 fully saturated rings. The zero-order valence-electron chi connectivity index (χ0n) is 11.5. The lowest BCUT2D eigenvalue weighted by molar-refractivity contribution is -0.120. The maximum atomic E-state index is 13.0. The lowest BCUT2D eigenvalue weighted by Crippen LogP contribution is -2.44. The number of hydrazine groups is 1. The molecule has 0 radical (unpaired) electrons. The number of benzene rings is 2. The van der Waals surface area contributed by atoms with Gasteiger partial charge in [0.15, 0.2) is 5.11 Å². The fourth-order valence-electron chi connectivity index (χ4n) is 1.70. The second-order valence-corrected chi connectivity index (χ2v) is 4.89. The average molecular weight is 319 g/mol. The first-order valence-electron chi connectivity index (χ1n) is 6.42. The van der Waals surface area contributed by atoms with Gasteiger partial charge in [0.2, 0.25) is 5.91 Å². The molecule has 7 heteroatoms. The minimum Gasteiger partial charge on any atom is -0.508 e. The van der Waals surface area contributed by atoms with Gasteiger partial charge in [0, 0.05) is 5.69 Å². The minimum absolute atomic E-state index is 0.135. The van der Waals surface area contributed by atoms with Crippen molar-refractivity contribution in [3.63, 3.8) is 0 Å². The molecule has 0 unspecified atom stereocenters. The summed E-state index contributed by atoms with van der Waals surface area (Å²) in [5.74, 6) is -0.541. The van der Waals surface area contributed by atoms with Gasteiger partial charge in [-0.1, -0.05) is 18.2 Å². The van der Waals surface area contributed by atoms with Crippen LogP contribution in [0.2, 0.25) is 0 Å². The van der Waals surface area contributed by atoms with Crippen LogP contribution in [0.5, 0.6) is 5.75 Å². The summed E-state index contributed by atoms with van der Waals surface area (Å²) in [6, 6.07) is 12.1. The highest BCUT2D eigenvalue weighted by atomic mass is 32.1. The smallest absolute Gasteiger partial charge is 0.242 e. The monoisotopic (exact) mass is 319 g/mol. The molecule has 2 aromatic carbocycles. The van der Waals surface area contributed by atoms with Crippen molar-refractivity contribution in [1.82, 2.24) is 10.9 Å². The Balaban J connectivity index is 1.78. The summed E-state index contributed by atoms with van der Waals surface area (Å²) >= 11 is 4.99. The quantitative estimate of drug-likeness (QED) is 0.515. The fourth-order valence-corrected chi connectivity index (χ4v) is 1.87. The first-order chi connectivity index (χ1) is 10.5. The van der Waals surface area contributed by atoms with Gasteiger partial charge in [-0.15, -0.1) is 0 Å². The summed E-state index contributed by atoms with van der Waals surface area (Å²) in [5, 5.41) is 12.0. The summed E-state index contributed by atoms with van der Waals surface area (Å²) in [5.41, 5.74) is 6.19. The highest BCUT2D eigenvalue weighted by Crippen LogP contribution is 2.10. The molecule has 5 nitrogen and oxygen atoms in total. The topological polar surface area (TPSA) is 73.4 Å². The van der Waals surface area contributed by atoms with Gasteiger partial charge >= 0.3 is 0 Å². The van der Waals surface area contributed by atoms with Crippen LogP contribution in [0.3, 0.4) is 0 Å². The minimum atomic E-state index is -0.385. The molecule has 0 aliphatic heterocycles. The van der Waals surface area contributed by atoms with Gasteiger partial charge in [0.05, 0.1) is 6.42 Å². The van der Waals surface area contributed by atoms with E-state index in [0.29, 0.717) is 5.69 Å². The molecule has 0 saturated heterocycles. The SMILES string of the molecule is O=C(Cc1ccc(O)cc1)NNC(=S)Nc1cccc(F)c1. The number of carbonyl (C=O) groups excluding carboxylic acids is 1. The molecule has 0 spiro atoms. The lowest BCUT2D eigenvalue weighted by Gasteiger charge is -2.11. The van der Waals surface area contributed by atoms with Crippen LogP contribution >= 0.6 is 12.2 Å². The average Bonchev–Trinajstić information content (AvgIpc) is 2.48. The van der Waals surface area contributed by atoms with E-state index in [-0.39, 0.29) is 29.0 Å². The molecule has 2 rings (SSSR count). The van der Waals surface area contributed by atoms with Crippen molar-refractivity contribution < 1.29 is 14.3 Å². The zero-order chi connectivity index (χ0) is 15.9. The van der Waals surface area contributed by atoms with E-state index in [0.717, 1.165) is 5.56 Å². The van der Waals surface area contributed by atoms with Crippen molar-refractivity contribution in [1.29, 1.82) is 0 Å². The van der Waals surface area contributed by atoms with E-state index >= 15 is 0 Å². The summed E-state index contributed by atoms with van der Waals surface area (Å²) in [4.78, 5) is 11.7. The van der Waals surface area contributed by atoms with Crippen molar-refractivity contribution in [2.24, 2.45) is 0 Å². The number of phenols is 1. The molecule has 0 aliphatic rings. The van der Waals surface area contributed by atoms with Crippen molar-refractivity contribution in [2.75, 3.05) is 5.32 Å². The first-order valence-corrected chi connectivity index (χ1v) is 6.83. The third-order valence-corrected chi connectivity index (χ3v) is 2.90. The fraction of sp³-hybridized carbons (Fsp3) is 0.0667. The van der Waals surface area contributed by atoms with Crippen LogP contribution in [-0.2, 0) is 11.2 Å². The maximum absolute atomic E-state index is 13.0. The number of phenolic OH excluding ortho intramolecular Hbond substituents is 1. The Morgan fingerprint density at radius 1 is 1.14 bits per heavy atom. The van der Waals surface area contributed by atoms with Gasteiger partial charge in [-0.25, -0.2) is 4.39 Å². The number of anilines is 1. The van der Waals surface area contributed by atoms with E-state index in [1.54, 1.807) is 24.3 Å². The number of aromatic hydroxyl groups is 1. The molecule has 0 aromatic heterocycles. The second kappa shape index (κ2) is 7.37. The summed E-state index contributed by atoms with van der Waals surface area (Å²) in [6.45, 7) is 0. The van der Waals surface area contributed by atoms with E-state index in [2.05, 4.69) is 16.2 Å². The largest absolute Gasteiger partial charge is 0.508 e. The molecular weight excluding hydrogens is 305 g/mol. The number of hydrogen-bond acceptors (Lipinski definition) is 3. The van der Waals surface area contributed by atoms with Gasteiger partial charge in [0.1, 0.15) is 11.6 Å². The number of rotatable bonds is 3. The maximum Gasteiger partial charge on any atom is 0.242 e. The Hall–Kier alpha value is -2.67. The highest BCUT2D eigenvalue weighted by molar-refractivity contribution is 7.80. The number of carbonyl (C=O) groups is 1. The molecule has 0 saturated carbocycles. The summed E-state index contributed by atoms with van der Waals surface area (Å²) in [6.07, 6.45) is 0.135.